The van der Waals surface area contributed by atoms with E-state index in [2.05, 4.69) is 20.1 Å². The molecule has 0 amide bonds. The van der Waals surface area contributed by atoms with E-state index in [1.165, 1.54) is 0 Å². The van der Waals surface area contributed by atoms with Gasteiger partial charge in [0.2, 0.25) is 5.82 Å². The van der Waals surface area contributed by atoms with Gasteiger partial charge >= 0.3 is 0 Å². The highest BCUT2D eigenvalue weighted by Crippen LogP contribution is 2.23. The molecule has 0 spiro atoms. The van der Waals surface area contributed by atoms with E-state index in [4.69, 9.17) is 16.1 Å². The van der Waals surface area contributed by atoms with Crippen LogP contribution in [0.2, 0.25) is 5.02 Å². The summed E-state index contributed by atoms with van der Waals surface area (Å²) in [6.07, 6.45) is 3.32. The fraction of sp³-hybridized carbons (Fsp3) is 0.0769. The van der Waals surface area contributed by atoms with Gasteiger partial charge < -0.3 is 4.52 Å². The molecule has 6 heteroatoms. The zero-order valence-electron chi connectivity index (χ0n) is 10.0. The summed E-state index contributed by atoms with van der Waals surface area (Å²) in [6.45, 7) is 1.82. The minimum atomic E-state index is 0.415. The van der Waals surface area contributed by atoms with Crippen molar-refractivity contribution in [1.29, 1.82) is 0 Å². The summed E-state index contributed by atoms with van der Waals surface area (Å²) in [5.41, 5.74) is 1.49. The number of nitrogens with zero attached hydrogens (tertiary/aromatic N) is 4. The zero-order chi connectivity index (χ0) is 13.2. The lowest BCUT2D eigenvalue weighted by Gasteiger charge is -1.94. The van der Waals surface area contributed by atoms with Crippen LogP contribution in [0.3, 0.4) is 0 Å². The topological polar surface area (TPSA) is 64.7 Å². The summed E-state index contributed by atoms with van der Waals surface area (Å²) in [5.74, 6) is 1.57. The molecule has 0 aliphatic rings. The fourth-order valence-electron chi connectivity index (χ4n) is 1.59. The van der Waals surface area contributed by atoms with Gasteiger partial charge in [-0.05, 0) is 25.1 Å². The van der Waals surface area contributed by atoms with Gasteiger partial charge in [0.15, 0.2) is 0 Å². The fourth-order valence-corrected chi connectivity index (χ4v) is 1.78. The molecule has 0 N–H and O–H groups in total. The Morgan fingerprint density at radius 2 is 1.89 bits per heavy atom. The van der Waals surface area contributed by atoms with Gasteiger partial charge in [-0.25, -0.2) is 9.97 Å². The molecular formula is C13H9ClN4O. The minimum absolute atomic E-state index is 0.415. The molecule has 2 heterocycles. The van der Waals surface area contributed by atoms with Gasteiger partial charge in [0, 0.05) is 23.0 Å². The Labute approximate surface area is 114 Å². The summed E-state index contributed by atoms with van der Waals surface area (Å²) < 4.78 is 5.22. The summed E-state index contributed by atoms with van der Waals surface area (Å²) in [6, 6.07) is 7.24. The van der Waals surface area contributed by atoms with Crippen LogP contribution in [0, 0.1) is 6.92 Å². The van der Waals surface area contributed by atoms with Crippen molar-refractivity contribution in [3.8, 4) is 22.8 Å². The number of hydrogen-bond acceptors (Lipinski definition) is 5. The highest BCUT2D eigenvalue weighted by atomic mass is 35.5. The van der Waals surface area contributed by atoms with E-state index in [1.54, 1.807) is 24.5 Å². The summed E-state index contributed by atoms with van der Waals surface area (Å²) in [4.78, 5) is 12.5. The molecule has 0 aliphatic carbocycles. The molecule has 2 aromatic heterocycles. The average molecular weight is 273 g/mol. The molecule has 94 valence electrons. The normalized spacial score (nSPS) is 10.6. The smallest absolute Gasteiger partial charge is 0.258 e. The van der Waals surface area contributed by atoms with Crippen molar-refractivity contribution in [2.75, 3.05) is 0 Å². The van der Waals surface area contributed by atoms with Gasteiger partial charge in [-0.15, -0.1) is 0 Å². The van der Waals surface area contributed by atoms with E-state index in [9.17, 15) is 0 Å². The molecular weight excluding hydrogens is 264 g/mol. The van der Waals surface area contributed by atoms with E-state index in [0.29, 0.717) is 28.1 Å². The van der Waals surface area contributed by atoms with Crippen molar-refractivity contribution in [2.45, 2.75) is 6.92 Å². The second-order valence-electron chi connectivity index (χ2n) is 3.95. The Morgan fingerprint density at radius 3 is 2.63 bits per heavy atom. The molecule has 3 aromatic rings. The highest BCUT2D eigenvalue weighted by molar-refractivity contribution is 6.30. The van der Waals surface area contributed by atoms with Gasteiger partial charge in [0.05, 0.1) is 5.56 Å². The molecule has 0 saturated heterocycles. The van der Waals surface area contributed by atoms with Crippen LogP contribution in [-0.4, -0.2) is 20.1 Å². The van der Waals surface area contributed by atoms with E-state index in [0.717, 1.165) is 5.56 Å². The van der Waals surface area contributed by atoms with E-state index in [-0.39, 0.29) is 0 Å². The molecule has 0 aliphatic heterocycles. The third kappa shape index (κ3) is 2.46. The Balaban J connectivity index is 1.97. The second-order valence-corrected chi connectivity index (χ2v) is 4.39. The monoisotopic (exact) mass is 272 g/mol. The Morgan fingerprint density at radius 1 is 1.11 bits per heavy atom. The number of rotatable bonds is 2. The maximum atomic E-state index is 5.93. The number of halogens is 1. The Kier molecular flexibility index (Phi) is 2.97. The number of aromatic nitrogens is 4. The van der Waals surface area contributed by atoms with Gasteiger partial charge in [-0.2, -0.15) is 4.98 Å². The van der Waals surface area contributed by atoms with Crippen molar-refractivity contribution < 1.29 is 4.52 Å². The van der Waals surface area contributed by atoms with E-state index < -0.39 is 0 Å². The molecule has 5 nitrogen and oxygen atoms in total. The summed E-state index contributed by atoms with van der Waals surface area (Å²) >= 11 is 5.93. The van der Waals surface area contributed by atoms with Crippen LogP contribution < -0.4 is 0 Å². The van der Waals surface area contributed by atoms with Gasteiger partial charge in [-0.1, -0.05) is 22.8 Å². The average Bonchev–Trinajstić information content (AvgIpc) is 2.89. The van der Waals surface area contributed by atoms with Crippen molar-refractivity contribution in [3.05, 3.63) is 47.5 Å². The van der Waals surface area contributed by atoms with E-state index >= 15 is 0 Å². The summed E-state index contributed by atoms with van der Waals surface area (Å²) in [5, 5.41) is 4.53. The molecule has 3 rings (SSSR count). The van der Waals surface area contributed by atoms with Crippen LogP contribution in [0.15, 0.2) is 41.2 Å². The number of benzene rings is 1. The zero-order valence-corrected chi connectivity index (χ0v) is 10.8. The first-order valence-corrected chi connectivity index (χ1v) is 5.99. The number of aryl methyl sites for hydroxylation is 1. The molecule has 19 heavy (non-hydrogen) atoms. The second kappa shape index (κ2) is 4.78. The highest BCUT2D eigenvalue weighted by Gasteiger charge is 2.11. The largest absolute Gasteiger partial charge is 0.334 e. The molecule has 0 atom stereocenters. The van der Waals surface area contributed by atoms with Crippen LogP contribution >= 0.6 is 11.6 Å². The Hall–Kier alpha value is -2.27. The van der Waals surface area contributed by atoms with Gasteiger partial charge in [0.1, 0.15) is 5.82 Å². The number of hydrogen-bond donors (Lipinski definition) is 0. The maximum absolute atomic E-state index is 5.93. The van der Waals surface area contributed by atoms with Crippen LogP contribution in [0.5, 0.6) is 0 Å². The molecule has 0 bridgehead atoms. The predicted octanol–water partition coefficient (Wildman–Crippen LogP) is 3.16. The third-order valence-electron chi connectivity index (χ3n) is 2.54. The molecule has 0 fully saturated rings. The maximum Gasteiger partial charge on any atom is 0.258 e. The summed E-state index contributed by atoms with van der Waals surface area (Å²) in [7, 11) is 0. The van der Waals surface area contributed by atoms with Crippen LogP contribution in [0.1, 0.15) is 5.82 Å². The van der Waals surface area contributed by atoms with Crippen molar-refractivity contribution in [2.24, 2.45) is 0 Å². The SMILES string of the molecule is Cc1ncc(-c2noc(-c3cccc(Cl)c3)n2)cn1. The van der Waals surface area contributed by atoms with E-state index in [1.807, 2.05) is 19.1 Å². The van der Waals surface area contributed by atoms with Crippen molar-refractivity contribution in [1.82, 2.24) is 20.1 Å². The van der Waals surface area contributed by atoms with Crippen molar-refractivity contribution >= 4 is 11.6 Å². The minimum Gasteiger partial charge on any atom is -0.334 e. The van der Waals surface area contributed by atoms with Crippen LogP contribution in [-0.2, 0) is 0 Å². The quantitative estimate of drug-likeness (QED) is 0.717. The van der Waals surface area contributed by atoms with Gasteiger partial charge in [0.25, 0.3) is 5.89 Å². The van der Waals surface area contributed by atoms with Crippen LogP contribution in [0.25, 0.3) is 22.8 Å². The predicted molar refractivity (Wildman–Crippen MR) is 70.5 cm³/mol. The first kappa shape index (κ1) is 11.8. The molecule has 1 aromatic carbocycles. The molecule has 0 saturated carbocycles. The lowest BCUT2D eigenvalue weighted by molar-refractivity contribution is 0.432. The standard InChI is InChI=1S/C13H9ClN4O/c1-8-15-6-10(7-16-8)12-17-13(19-18-12)9-3-2-4-11(14)5-9/h2-7H,1H3. The lowest BCUT2D eigenvalue weighted by atomic mass is 10.2. The van der Waals surface area contributed by atoms with Crippen LogP contribution in [0.4, 0.5) is 0 Å². The van der Waals surface area contributed by atoms with Crippen molar-refractivity contribution in [3.63, 3.8) is 0 Å². The third-order valence-corrected chi connectivity index (χ3v) is 2.77. The first-order valence-electron chi connectivity index (χ1n) is 5.61. The molecule has 0 unspecified atom stereocenters. The molecule has 0 radical (unpaired) electrons. The van der Waals surface area contributed by atoms with Gasteiger partial charge in [-0.3, -0.25) is 0 Å². The lowest BCUT2D eigenvalue weighted by Crippen LogP contribution is -1.88. The first-order chi connectivity index (χ1) is 9.22. The Bertz CT molecular complexity index is 709.